The van der Waals surface area contributed by atoms with Crippen molar-refractivity contribution < 1.29 is 37.5 Å². The molecule has 0 spiro atoms. The molecule has 2 aliphatic heterocycles. The summed E-state index contributed by atoms with van der Waals surface area (Å²) in [5, 5.41) is 12.1. The van der Waals surface area contributed by atoms with Crippen LogP contribution >= 0.6 is 19.4 Å². The van der Waals surface area contributed by atoms with Gasteiger partial charge in [-0.15, -0.1) is 0 Å². The van der Waals surface area contributed by atoms with E-state index in [9.17, 15) is 19.3 Å². The summed E-state index contributed by atoms with van der Waals surface area (Å²) in [6.45, 7) is 4.31. The fraction of sp³-hybridized carbons (Fsp3) is 0.500. The molecule has 0 aliphatic carbocycles. The van der Waals surface area contributed by atoms with E-state index in [0.29, 0.717) is 17.0 Å². The van der Waals surface area contributed by atoms with Gasteiger partial charge in [0.25, 0.3) is 5.56 Å². The Kier molecular flexibility index (Phi) is 7.79. The normalized spacial score (nSPS) is 30.6. The molecule has 2 saturated heterocycles. The maximum atomic E-state index is 13.4. The number of nitrogens with zero attached hydrogens (tertiary/aromatic N) is 3. The highest BCUT2D eigenvalue weighted by Gasteiger charge is 2.57. The molecule has 0 amide bonds. The van der Waals surface area contributed by atoms with Gasteiger partial charge >= 0.3 is 13.8 Å². The van der Waals surface area contributed by atoms with Crippen molar-refractivity contribution in [1.82, 2.24) is 19.5 Å². The van der Waals surface area contributed by atoms with Crippen molar-refractivity contribution in [3.05, 3.63) is 51.5 Å². The summed E-state index contributed by atoms with van der Waals surface area (Å²) >= 11 is 6.09. The number of imidazole rings is 1. The summed E-state index contributed by atoms with van der Waals surface area (Å²) < 4.78 is 43.2. The van der Waals surface area contributed by atoms with E-state index in [1.165, 1.54) is 17.8 Å². The number of ether oxygens (including phenoxy) is 2. The maximum Gasteiger partial charge on any atom is 0.475 e. The Hall–Kier alpha value is -2.84. The molecule has 2 aromatic heterocycles. The first-order chi connectivity index (χ1) is 18.9. The van der Waals surface area contributed by atoms with E-state index in [0.717, 1.165) is 0 Å². The van der Waals surface area contributed by atoms with E-state index in [4.69, 9.17) is 40.4 Å². The fourth-order valence-electron chi connectivity index (χ4n) is 4.61. The van der Waals surface area contributed by atoms with Gasteiger partial charge in [0.15, 0.2) is 23.5 Å². The molecular weight excluding hydrogens is 569 g/mol. The number of aliphatic hydroxyl groups is 1. The number of benzene rings is 1. The van der Waals surface area contributed by atoms with Crippen molar-refractivity contribution in [1.29, 1.82) is 0 Å². The Labute approximate surface area is 233 Å². The summed E-state index contributed by atoms with van der Waals surface area (Å²) in [5.74, 6) is -1.29. The number of H-pyrrole nitrogens is 1. The smallest absolute Gasteiger partial charge is 0.456 e. The number of carbonyl (C=O) groups excluding carboxylic acids is 1. The number of nitrogens with two attached hydrogens (primary N) is 1. The lowest BCUT2D eigenvalue weighted by Crippen LogP contribution is -2.47. The van der Waals surface area contributed by atoms with E-state index in [1.54, 1.807) is 38.1 Å². The highest BCUT2D eigenvalue weighted by molar-refractivity contribution is 7.48. The molecule has 2 aliphatic rings. The third-order valence-corrected chi connectivity index (χ3v) is 8.35. The van der Waals surface area contributed by atoms with E-state index in [1.807, 2.05) is 0 Å². The number of halogens is 1. The molecule has 14 nitrogen and oxygen atoms in total. The van der Waals surface area contributed by atoms with Crippen molar-refractivity contribution in [3.8, 4) is 0 Å². The third kappa shape index (κ3) is 5.53. The molecule has 0 bridgehead atoms. The minimum Gasteiger partial charge on any atom is -0.456 e. The lowest BCUT2D eigenvalue weighted by Gasteiger charge is -2.31. The molecule has 2 fully saturated rings. The van der Waals surface area contributed by atoms with Gasteiger partial charge in [0.2, 0.25) is 5.95 Å². The van der Waals surface area contributed by atoms with Crippen LogP contribution < -0.4 is 11.3 Å². The van der Waals surface area contributed by atoms with Crippen LogP contribution in [0.25, 0.3) is 11.2 Å². The van der Waals surface area contributed by atoms with Gasteiger partial charge in [0.05, 0.1) is 31.6 Å². The van der Waals surface area contributed by atoms with Gasteiger partial charge in [0.1, 0.15) is 11.7 Å². The summed E-state index contributed by atoms with van der Waals surface area (Å²) in [7, 11) is -4.09. The number of aromatic amines is 1. The predicted octanol–water partition coefficient (Wildman–Crippen LogP) is 2.87. The minimum absolute atomic E-state index is 0.0375. The number of nitrogens with one attached hydrogen (secondary N) is 1. The van der Waals surface area contributed by atoms with E-state index in [2.05, 4.69) is 15.0 Å². The lowest BCUT2D eigenvalue weighted by molar-refractivity contribution is -0.167. The summed E-state index contributed by atoms with van der Waals surface area (Å²) in [4.78, 5) is 35.4. The molecule has 3 aromatic rings. The minimum atomic E-state index is -4.09. The number of phosphoric ester groups is 1. The number of esters is 1. The molecule has 0 unspecified atom stereocenters. The second-order valence-electron chi connectivity index (χ2n) is 10.1. The van der Waals surface area contributed by atoms with E-state index in [-0.39, 0.29) is 23.7 Å². The van der Waals surface area contributed by atoms with Gasteiger partial charge in [-0.25, -0.2) is 9.55 Å². The zero-order valence-corrected chi connectivity index (χ0v) is 23.5. The number of hydrogen-bond acceptors (Lipinski definition) is 12. The topological polar surface area (TPSA) is 190 Å². The van der Waals surface area contributed by atoms with Crippen LogP contribution in [0.2, 0.25) is 5.02 Å². The van der Waals surface area contributed by atoms with Crippen molar-refractivity contribution in [3.63, 3.8) is 0 Å². The van der Waals surface area contributed by atoms with Gasteiger partial charge in [-0.05, 0) is 24.6 Å². The molecule has 1 aromatic carbocycles. The third-order valence-electron chi connectivity index (χ3n) is 6.64. The van der Waals surface area contributed by atoms with Gasteiger partial charge in [-0.2, -0.15) is 4.98 Å². The van der Waals surface area contributed by atoms with Crippen LogP contribution in [0.5, 0.6) is 0 Å². The largest absolute Gasteiger partial charge is 0.475 e. The molecule has 40 heavy (non-hydrogen) atoms. The van der Waals surface area contributed by atoms with E-state index >= 15 is 0 Å². The first-order valence-corrected chi connectivity index (χ1v) is 14.4. The van der Waals surface area contributed by atoms with Crippen LogP contribution in [0.15, 0.2) is 35.4 Å². The Morgan fingerprint density at radius 1 is 1.43 bits per heavy atom. The van der Waals surface area contributed by atoms with Crippen LogP contribution in [0.3, 0.4) is 0 Å². The molecule has 0 radical (unpaired) electrons. The van der Waals surface area contributed by atoms with Crippen LogP contribution in [-0.4, -0.2) is 61.6 Å². The van der Waals surface area contributed by atoms with Crippen molar-refractivity contribution in [2.75, 3.05) is 18.9 Å². The van der Waals surface area contributed by atoms with Crippen LogP contribution in [0, 0.1) is 5.92 Å². The monoisotopic (exact) mass is 597 g/mol. The first-order valence-electron chi connectivity index (χ1n) is 12.5. The molecule has 6 atom stereocenters. The molecule has 5 rings (SSSR count). The molecular formula is C24H29ClN5O9P. The van der Waals surface area contributed by atoms with Crippen molar-refractivity contribution in [2.45, 2.75) is 57.3 Å². The second kappa shape index (κ2) is 10.9. The fourth-order valence-corrected chi connectivity index (χ4v) is 6.21. The first kappa shape index (κ1) is 28.7. The van der Waals surface area contributed by atoms with Crippen molar-refractivity contribution in [2.24, 2.45) is 5.92 Å². The Morgan fingerprint density at radius 2 is 2.20 bits per heavy atom. The average Bonchev–Trinajstić information content (AvgIpc) is 3.41. The maximum absolute atomic E-state index is 13.4. The second-order valence-corrected chi connectivity index (χ2v) is 12.1. The standard InChI is InChI=1S/C24H29ClN5O9P/c1-12(2)21(32)38-18-16(10-36-40(34)35-8-7-15(39-40)13-5-4-6-14(25)9-13)37-22(24(18,3)33)30-11-27-17-19(30)28-23(26)29-20(17)31/h4-6,9,11-12,15-16,18,22,33H,7-8,10H2,1-3H3,(H3,26,28,29,31)/t15-,16+,18+,22+,24+,40+/m0/s1. The zero-order valence-electron chi connectivity index (χ0n) is 21.9. The number of rotatable bonds is 7. The van der Waals surface area contributed by atoms with Gasteiger partial charge < -0.3 is 20.3 Å². The number of anilines is 1. The number of carbonyl (C=O) groups is 1. The van der Waals surface area contributed by atoms with Gasteiger partial charge in [-0.1, -0.05) is 37.6 Å². The number of nitrogen functional groups attached to an aromatic ring is 1. The molecule has 216 valence electrons. The average molecular weight is 598 g/mol. The quantitative estimate of drug-likeness (QED) is 0.267. The SMILES string of the molecule is CC(C)C(=O)O[C@@H]1[C@@H](CO[P@@]2(=O)OCC[C@@H](c3cccc(Cl)c3)O2)O[C@@H](n2cnc3c(=O)[nH]c(N)nc32)[C@]1(C)O. The van der Waals surface area contributed by atoms with Crippen LogP contribution in [0.4, 0.5) is 5.95 Å². The number of hydrogen-bond donors (Lipinski definition) is 3. The Morgan fingerprint density at radius 3 is 2.92 bits per heavy atom. The molecule has 4 N–H and O–H groups in total. The van der Waals surface area contributed by atoms with Crippen molar-refractivity contribution >= 4 is 42.5 Å². The number of phosphoric acid groups is 1. The summed E-state index contributed by atoms with van der Waals surface area (Å²) in [6, 6.07) is 6.95. The highest BCUT2D eigenvalue weighted by atomic mass is 35.5. The highest BCUT2D eigenvalue weighted by Crippen LogP contribution is 2.57. The lowest BCUT2D eigenvalue weighted by atomic mass is 9.96. The summed E-state index contributed by atoms with van der Waals surface area (Å²) in [6.07, 6.45) is -2.60. The Bertz CT molecular complexity index is 1530. The summed E-state index contributed by atoms with van der Waals surface area (Å²) in [5.41, 5.74) is 3.96. The van der Waals surface area contributed by atoms with Crippen LogP contribution in [-0.2, 0) is 32.4 Å². The van der Waals surface area contributed by atoms with Gasteiger partial charge in [-0.3, -0.25) is 32.7 Å². The Balaban J connectivity index is 1.41. The predicted molar refractivity (Wildman–Crippen MR) is 141 cm³/mol. The zero-order chi connectivity index (χ0) is 28.8. The number of fused-ring (bicyclic) bond motifs is 1. The molecule has 0 saturated carbocycles. The molecule has 16 heteroatoms. The van der Waals surface area contributed by atoms with Crippen LogP contribution in [0.1, 0.15) is 45.1 Å². The van der Waals surface area contributed by atoms with Gasteiger partial charge in [0, 0.05) is 11.4 Å². The molecule has 4 heterocycles. The number of aromatic nitrogens is 4. The van der Waals surface area contributed by atoms with E-state index < -0.39 is 62.0 Å².